The summed E-state index contributed by atoms with van der Waals surface area (Å²) in [4.78, 5) is 25.5. The molecule has 2 saturated heterocycles. The Hall–Kier alpha value is -1.33. The van der Waals surface area contributed by atoms with E-state index in [1.54, 1.807) is 0 Å². The summed E-state index contributed by atoms with van der Waals surface area (Å²) in [6, 6.07) is 9.43. The molecule has 0 unspecified atom stereocenters. The fourth-order valence-electron chi connectivity index (χ4n) is 2.49. The minimum atomic E-state index is -0.683. The van der Waals surface area contributed by atoms with Crippen LogP contribution >= 0.6 is 11.8 Å². The summed E-state index contributed by atoms with van der Waals surface area (Å²) in [5, 5.41) is 9.37. The maximum Gasteiger partial charge on any atom is 0.243 e. The number of likely N-dealkylation sites (tertiary alicyclic amines) is 1. The summed E-state index contributed by atoms with van der Waals surface area (Å²) in [7, 11) is 0. The fourth-order valence-corrected chi connectivity index (χ4v) is 3.88. The number of thioether (sulfide) groups is 1. The lowest BCUT2D eigenvalue weighted by molar-refractivity contribution is -0.140. The normalized spacial score (nSPS) is 30.9. The lowest BCUT2D eigenvalue weighted by Gasteiger charge is -2.16. The Morgan fingerprint density at radius 3 is 2.61 bits per heavy atom. The third-order valence-corrected chi connectivity index (χ3v) is 4.82. The van der Waals surface area contributed by atoms with Crippen LogP contribution < -0.4 is 0 Å². The van der Waals surface area contributed by atoms with Gasteiger partial charge in [0.05, 0.1) is 23.8 Å². The van der Waals surface area contributed by atoms with E-state index in [0.717, 1.165) is 5.56 Å². The monoisotopic (exact) mass is 263 g/mol. The van der Waals surface area contributed by atoms with Crippen molar-refractivity contribution in [3.05, 3.63) is 35.9 Å². The molecule has 2 aliphatic heterocycles. The van der Waals surface area contributed by atoms with Gasteiger partial charge in [-0.05, 0) is 5.56 Å². The van der Waals surface area contributed by atoms with E-state index in [9.17, 15) is 14.7 Å². The molecule has 2 amide bonds. The quantitative estimate of drug-likeness (QED) is 0.796. The van der Waals surface area contributed by atoms with Crippen molar-refractivity contribution in [3.8, 4) is 0 Å². The molecule has 3 rings (SSSR count). The average Bonchev–Trinajstić information content (AvgIpc) is 2.87. The summed E-state index contributed by atoms with van der Waals surface area (Å²) in [5.41, 5.74) is 0.929. The largest absolute Gasteiger partial charge is 0.391 e. The molecule has 94 valence electrons. The zero-order valence-corrected chi connectivity index (χ0v) is 10.5. The van der Waals surface area contributed by atoms with Crippen molar-refractivity contribution in [2.75, 3.05) is 5.75 Å². The van der Waals surface area contributed by atoms with Crippen LogP contribution in [0.25, 0.3) is 0 Å². The number of fused-ring (bicyclic) bond motifs is 1. The Morgan fingerprint density at radius 1 is 1.22 bits per heavy atom. The highest BCUT2D eigenvalue weighted by molar-refractivity contribution is 8.01. The molecule has 1 N–H and O–H groups in total. The lowest BCUT2D eigenvalue weighted by atomic mass is 10.0. The highest BCUT2D eigenvalue weighted by Crippen LogP contribution is 2.40. The van der Waals surface area contributed by atoms with Crippen molar-refractivity contribution in [1.82, 2.24) is 4.90 Å². The first-order valence-electron chi connectivity index (χ1n) is 5.87. The number of carbonyl (C=O) groups excluding carboxylic acids is 2. The van der Waals surface area contributed by atoms with Crippen LogP contribution in [-0.2, 0) is 16.1 Å². The van der Waals surface area contributed by atoms with Crippen molar-refractivity contribution in [2.45, 2.75) is 17.9 Å². The molecular weight excluding hydrogens is 250 g/mol. The Morgan fingerprint density at radius 2 is 1.94 bits per heavy atom. The third-order valence-electron chi connectivity index (χ3n) is 3.43. The molecule has 1 aromatic rings. The lowest BCUT2D eigenvalue weighted by Crippen LogP contribution is -2.33. The van der Waals surface area contributed by atoms with E-state index in [0.29, 0.717) is 12.3 Å². The van der Waals surface area contributed by atoms with Crippen LogP contribution in [0.1, 0.15) is 5.56 Å². The van der Waals surface area contributed by atoms with Crippen LogP contribution in [0.4, 0.5) is 0 Å². The molecule has 0 radical (unpaired) electrons. The fraction of sp³-hybridized carbons (Fsp3) is 0.385. The van der Waals surface area contributed by atoms with E-state index in [2.05, 4.69) is 0 Å². The van der Waals surface area contributed by atoms with Crippen molar-refractivity contribution < 1.29 is 14.7 Å². The average molecular weight is 263 g/mol. The molecule has 3 atom stereocenters. The van der Waals surface area contributed by atoms with Crippen molar-refractivity contribution >= 4 is 23.6 Å². The number of imide groups is 1. The third kappa shape index (κ3) is 1.74. The molecule has 0 bridgehead atoms. The van der Waals surface area contributed by atoms with Gasteiger partial charge in [-0.25, -0.2) is 0 Å². The number of rotatable bonds is 2. The van der Waals surface area contributed by atoms with Gasteiger partial charge in [0.1, 0.15) is 0 Å². The molecule has 1 aromatic carbocycles. The molecular formula is C13H13NO3S. The number of hydrogen-bond acceptors (Lipinski definition) is 4. The molecule has 0 saturated carbocycles. The maximum absolute atomic E-state index is 12.1. The van der Waals surface area contributed by atoms with E-state index < -0.39 is 12.0 Å². The van der Waals surface area contributed by atoms with Gasteiger partial charge >= 0.3 is 0 Å². The Balaban J connectivity index is 1.82. The molecule has 2 heterocycles. The molecule has 4 nitrogen and oxygen atoms in total. The zero-order chi connectivity index (χ0) is 12.7. The van der Waals surface area contributed by atoms with Gasteiger partial charge < -0.3 is 5.11 Å². The van der Waals surface area contributed by atoms with Gasteiger partial charge in [0.15, 0.2) is 0 Å². The molecule has 0 aromatic heterocycles. The second-order valence-corrected chi connectivity index (χ2v) is 5.77. The first kappa shape index (κ1) is 11.7. The van der Waals surface area contributed by atoms with Crippen LogP contribution in [0.5, 0.6) is 0 Å². The predicted molar refractivity (Wildman–Crippen MR) is 67.7 cm³/mol. The van der Waals surface area contributed by atoms with Gasteiger partial charge in [-0.15, -0.1) is 11.8 Å². The standard InChI is InChI=1S/C13H13NO3S/c15-9-7-18-11-10(9)12(16)14(13(11)17)6-8-4-2-1-3-5-8/h1-5,9-11,15H,6-7H2/t9-,10-,11-/m1/s1. The van der Waals surface area contributed by atoms with E-state index >= 15 is 0 Å². The maximum atomic E-state index is 12.1. The van der Waals surface area contributed by atoms with E-state index in [-0.39, 0.29) is 17.1 Å². The van der Waals surface area contributed by atoms with Crippen molar-refractivity contribution in [3.63, 3.8) is 0 Å². The first-order chi connectivity index (χ1) is 8.68. The topological polar surface area (TPSA) is 57.6 Å². The number of amides is 2. The van der Waals surface area contributed by atoms with Crippen LogP contribution in [0, 0.1) is 5.92 Å². The SMILES string of the molecule is O=C1[C@@H]2[C@H](O)CS[C@H]2C(=O)N1Cc1ccccc1. The number of benzene rings is 1. The van der Waals surface area contributed by atoms with Gasteiger partial charge in [0, 0.05) is 5.75 Å². The van der Waals surface area contributed by atoms with Crippen LogP contribution in [0.2, 0.25) is 0 Å². The molecule has 0 spiro atoms. The predicted octanol–water partition coefficient (Wildman–Crippen LogP) is 0.648. The van der Waals surface area contributed by atoms with E-state index in [1.165, 1.54) is 16.7 Å². The smallest absolute Gasteiger partial charge is 0.243 e. The molecule has 2 fully saturated rings. The summed E-state index contributed by atoms with van der Waals surface area (Å²) < 4.78 is 0. The number of nitrogens with zero attached hydrogens (tertiary/aromatic N) is 1. The molecule has 0 aliphatic carbocycles. The Labute approximate surface area is 109 Å². The highest BCUT2D eigenvalue weighted by Gasteiger charge is 2.54. The summed E-state index contributed by atoms with van der Waals surface area (Å²) >= 11 is 1.39. The van der Waals surface area contributed by atoms with Gasteiger partial charge in [-0.1, -0.05) is 30.3 Å². The second-order valence-electron chi connectivity index (χ2n) is 4.60. The first-order valence-corrected chi connectivity index (χ1v) is 6.92. The van der Waals surface area contributed by atoms with Crippen LogP contribution in [0.3, 0.4) is 0 Å². The van der Waals surface area contributed by atoms with Gasteiger partial charge in [-0.2, -0.15) is 0 Å². The van der Waals surface area contributed by atoms with Crippen LogP contribution in [-0.4, -0.2) is 38.9 Å². The van der Waals surface area contributed by atoms with Gasteiger partial charge in [0.2, 0.25) is 11.8 Å². The Kier molecular flexibility index (Phi) is 2.87. The molecule has 18 heavy (non-hydrogen) atoms. The number of hydrogen-bond donors (Lipinski definition) is 1. The summed E-state index contributed by atoms with van der Waals surface area (Å²) in [6.07, 6.45) is -0.683. The number of carbonyl (C=O) groups is 2. The number of aliphatic hydroxyl groups is 1. The molecule has 2 aliphatic rings. The molecule has 5 heteroatoms. The van der Waals surface area contributed by atoms with Crippen molar-refractivity contribution in [2.24, 2.45) is 5.92 Å². The zero-order valence-electron chi connectivity index (χ0n) is 9.65. The Bertz CT molecular complexity index is 490. The summed E-state index contributed by atoms with van der Waals surface area (Å²) in [6.45, 7) is 0.304. The number of aliphatic hydroxyl groups excluding tert-OH is 1. The van der Waals surface area contributed by atoms with Gasteiger partial charge in [-0.3, -0.25) is 14.5 Å². The summed E-state index contributed by atoms with van der Waals surface area (Å²) in [5.74, 6) is -0.445. The minimum Gasteiger partial charge on any atom is -0.391 e. The van der Waals surface area contributed by atoms with E-state index in [1.807, 2.05) is 30.3 Å². The second kappa shape index (κ2) is 4.40. The van der Waals surface area contributed by atoms with Gasteiger partial charge in [0.25, 0.3) is 0 Å². The van der Waals surface area contributed by atoms with E-state index in [4.69, 9.17) is 0 Å². The highest BCUT2D eigenvalue weighted by atomic mass is 32.2. The van der Waals surface area contributed by atoms with Crippen molar-refractivity contribution in [1.29, 1.82) is 0 Å². The minimum absolute atomic E-state index is 0.157. The van der Waals surface area contributed by atoms with Crippen LogP contribution in [0.15, 0.2) is 30.3 Å².